The lowest BCUT2D eigenvalue weighted by molar-refractivity contribution is -0.117. The van der Waals surface area contributed by atoms with E-state index in [2.05, 4.69) is 180 Å². The van der Waals surface area contributed by atoms with Gasteiger partial charge in [-0.15, -0.1) is 0 Å². The van der Waals surface area contributed by atoms with E-state index in [4.69, 9.17) is 24.2 Å². The van der Waals surface area contributed by atoms with Crippen LogP contribution in [0.25, 0.3) is 90.9 Å². The van der Waals surface area contributed by atoms with Gasteiger partial charge in [0.1, 0.15) is 23.3 Å². The number of amides is 2. The zero-order valence-corrected chi connectivity index (χ0v) is 58.6. The molecule has 12 nitrogen and oxygen atoms in total. The molecule has 3 aromatic heterocycles. The molecule has 1 saturated heterocycles. The number of hydrogen-bond donors (Lipinski definition) is 4. The molecule has 10 bridgehead atoms. The highest BCUT2D eigenvalue weighted by molar-refractivity contribution is 6.03. The second-order valence-electron chi connectivity index (χ2n) is 27.9. The Hall–Kier alpha value is -9.42. The fraction of sp³-hybridized carbons (Fsp3) is 0.379. The van der Waals surface area contributed by atoms with E-state index in [1.165, 1.54) is 89.9 Å². The van der Waals surface area contributed by atoms with Crippen LogP contribution in [0.15, 0.2) is 158 Å². The van der Waals surface area contributed by atoms with E-state index in [1.807, 2.05) is 48.5 Å². The Morgan fingerprint density at radius 3 is 1.15 bits per heavy atom. The van der Waals surface area contributed by atoms with E-state index < -0.39 is 6.04 Å². The smallest absolute Gasteiger partial charge is 0.251 e. The standard InChI is InChI=1S/C87H99N7O5/c1-5-8-11-14-17-20-53-97-69-39-29-61(30-40-69)83-76-47-45-74(90-76)82(60-25-35-67(36-26-60)89-86(95)59(4)88-87(96)64-27-37-68(38-28-64)94-57-72-65-23-24-66(56-65)73(72)58-94)75-46-48-77(91-75)84(62-31-41-70(42-32-62)98-54-21-18-15-12-9-6-2)79-50-52-81(93-79)85(80-51-49-78(83)92-80)63-33-43-71(44-34-63)99-55-22-19-16-13-10-7-3/h23-52,59,65-66,72-73,90,93H,5-22,53-58H2,1-4H3,(H,88,96)(H,89,95)/t59-,65-,66+,72-,73+/m1/s1. The second-order valence-corrected chi connectivity index (χ2v) is 27.9. The molecular formula is C87H99N7O5. The van der Waals surface area contributed by atoms with Crippen molar-refractivity contribution in [2.45, 2.75) is 156 Å². The maximum Gasteiger partial charge on any atom is 0.251 e. The summed E-state index contributed by atoms with van der Waals surface area (Å²) in [6, 6.07) is 48.8. The number of aromatic amines is 2. The van der Waals surface area contributed by atoms with Gasteiger partial charge < -0.3 is 39.7 Å². The first-order valence-electron chi connectivity index (χ1n) is 37.3. The van der Waals surface area contributed by atoms with Gasteiger partial charge in [0.25, 0.3) is 5.91 Å². The van der Waals surface area contributed by atoms with Gasteiger partial charge >= 0.3 is 0 Å². The molecule has 2 aliphatic carbocycles. The zero-order valence-electron chi connectivity index (χ0n) is 58.6. The predicted molar refractivity (Wildman–Crippen MR) is 409 cm³/mol. The topological polar surface area (TPSA) is 146 Å². The number of allylic oxidation sites excluding steroid dienone is 2. The highest BCUT2D eigenvalue weighted by Crippen LogP contribution is 2.52. The molecule has 5 aromatic carbocycles. The molecule has 6 heterocycles. The average molecular weight is 1320 g/mol. The number of rotatable bonds is 33. The van der Waals surface area contributed by atoms with Crippen molar-refractivity contribution in [3.63, 3.8) is 0 Å². The van der Waals surface area contributed by atoms with Gasteiger partial charge in [-0.2, -0.15) is 0 Å². The van der Waals surface area contributed by atoms with Crippen molar-refractivity contribution in [2.75, 3.05) is 43.1 Å². The first kappa shape index (κ1) is 68.1. The minimum Gasteiger partial charge on any atom is -0.494 e. The van der Waals surface area contributed by atoms with Crippen molar-refractivity contribution in [3.8, 4) is 61.8 Å². The SMILES string of the molecule is CCCCCCCCOc1ccc(-c2c3nc(c(-c4ccc(OCCCCCCCC)cc4)c4ccc([nH]4)c(-c4ccc(OCCCCCCCC)cc4)c4nc(c(-c5ccc(NC(=O)[C@@H](C)NC(=O)c6ccc(N7C[C@@H]8[C@H](C7)[C@@H]7C=C[C@H]8C7)cc6)cc5)c5ccc2[nH]5)C=C4)C=C3)cc1. The Balaban J connectivity index is 0.850. The summed E-state index contributed by atoms with van der Waals surface area (Å²) < 4.78 is 19.0. The fourth-order valence-corrected chi connectivity index (χ4v) is 15.3. The van der Waals surface area contributed by atoms with Crippen LogP contribution in [-0.2, 0) is 4.79 Å². The van der Waals surface area contributed by atoms with Crippen molar-refractivity contribution in [3.05, 3.63) is 186 Å². The molecule has 4 N–H and O–H groups in total. The lowest BCUT2D eigenvalue weighted by atomic mass is 9.86. The maximum atomic E-state index is 13.9. The Labute approximate surface area is 585 Å². The highest BCUT2D eigenvalue weighted by Gasteiger charge is 2.49. The quantitative estimate of drug-likeness (QED) is 0.0235. The molecule has 512 valence electrons. The molecule has 99 heavy (non-hydrogen) atoms. The Kier molecular flexibility index (Phi) is 22.7. The van der Waals surface area contributed by atoms with Crippen molar-refractivity contribution in [1.82, 2.24) is 25.3 Å². The van der Waals surface area contributed by atoms with E-state index in [0.717, 1.165) is 169 Å². The molecule has 8 aromatic rings. The third-order valence-electron chi connectivity index (χ3n) is 20.8. The number of benzene rings is 5. The normalized spacial score (nSPS) is 16.7. The summed E-state index contributed by atoms with van der Waals surface area (Å²) in [7, 11) is 0. The van der Waals surface area contributed by atoms with Gasteiger partial charge in [0.15, 0.2) is 0 Å². The molecule has 1 saturated carbocycles. The number of H-pyrrole nitrogens is 2. The Bertz CT molecular complexity index is 4240. The lowest BCUT2D eigenvalue weighted by Gasteiger charge is -2.21. The van der Waals surface area contributed by atoms with Gasteiger partial charge in [-0.1, -0.05) is 178 Å². The molecule has 5 aliphatic rings. The molecule has 0 unspecified atom stereocenters. The van der Waals surface area contributed by atoms with Gasteiger partial charge in [-0.05, 0) is 200 Å². The number of aromatic nitrogens is 4. The summed E-state index contributed by atoms with van der Waals surface area (Å²) >= 11 is 0. The van der Waals surface area contributed by atoms with Gasteiger partial charge in [-0.25, -0.2) is 9.97 Å². The third kappa shape index (κ3) is 16.5. The number of ether oxygens (including phenoxy) is 3. The molecule has 2 amide bonds. The summed E-state index contributed by atoms with van der Waals surface area (Å²) in [5.41, 5.74) is 16.5. The van der Waals surface area contributed by atoms with Crippen LogP contribution in [0.5, 0.6) is 17.2 Å². The average Bonchev–Trinajstić information content (AvgIpc) is 1.61. The van der Waals surface area contributed by atoms with Crippen molar-refractivity contribution in [1.29, 1.82) is 0 Å². The molecule has 13 rings (SSSR count). The van der Waals surface area contributed by atoms with Gasteiger partial charge in [0, 0.05) is 74.3 Å². The molecule has 12 heteroatoms. The number of unbranched alkanes of at least 4 members (excludes halogenated alkanes) is 15. The second kappa shape index (κ2) is 33.0. The van der Waals surface area contributed by atoms with Crippen LogP contribution in [-0.4, -0.2) is 70.7 Å². The number of carbonyl (C=O) groups excluding carboxylic acids is 2. The minimum absolute atomic E-state index is 0.293. The van der Waals surface area contributed by atoms with E-state index in [0.29, 0.717) is 42.9 Å². The van der Waals surface area contributed by atoms with E-state index in [-0.39, 0.29) is 11.8 Å². The first-order chi connectivity index (χ1) is 48.7. The molecule has 3 aliphatic heterocycles. The van der Waals surface area contributed by atoms with Crippen LogP contribution in [0.1, 0.15) is 183 Å². The van der Waals surface area contributed by atoms with Crippen LogP contribution in [0.3, 0.4) is 0 Å². The third-order valence-corrected chi connectivity index (χ3v) is 20.8. The lowest BCUT2D eigenvalue weighted by Crippen LogP contribution is -2.41. The van der Waals surface area contributed by atoms with Crippen LogP contribution in [0.2, 0.25) is 0 Å². The van der Waals surface area contributed by atoms with Crippen molar-refractivity contribution in [2.24, 2.45) is 23.7 Å². The Morgan fingerprint density at radius 1 is 0.444 bits per heavy atom. The summed E-state index contributed by atoms with van der Waals surface area (Å²) in [5, 5.41) is 6.03. The fourth-order valence-electron chi connectivity index (χ4n) is 15.3. The Morgan fingerprint density at radius 2 is 0.788 bits per heavy atom. The van der Waals surface area contributed by atoms with E-state index in [1.54, 1.807) is 6.92 Å². The number of fused-ring (bicyclic) bond motifs is 13. The van der Waals surface area contributed by atoms with E-state index >= 15 is 0 Å². The molecule has 0 spiro atoms. The molecule has 0 radical (unpaired) electrons. The molecular weight excluding hydrogens is 1220 g/mol. The highest BCUT2D eigenvalue weighted by atomic mass is 16.5. The predicted octanol–water partition coefficient (Wildman–Crippen LogP) is 21.6. The van der Waals surface area contributed by atoms with Crippen molar-refractivity contribution >= 4 is 69.6 Å². The summed E-state index contributed by atoms with van der Waals surface area (Å²) in [6.07, 6.45) is 36.3. The number of nitrogens with one attached hydrogen (secondary N) is 4. The van der Waals surface area contributed by atoms with Crippen LogP contribution < -0.4 is 29.7 Å². The van der Waals surface area contributed by atoms with E-state index in [9.17, 15) is 9.59 Å². The largest absolute Gasteiger partial charge is 0.494 e. The first-order valence-corrected chi connectivity index (χ1v) is 37.3. The molecule has 2 fully saturated rings. The summed E-state index contributed by atoms with van der Waals surface area (Å²) in [4.78, 5) is 49.1. The van der Waals surface area contributed by atoms with Crippen molar-refractivity contribution < 1.29 is 23.8 Å². The van der Waals surface area contributed by atoms with Crippen LogP contribution >= 0.6 is 0 Å². The van der Waals surface area contributed by atoms with Gasteiger partial charge in [-0.3, -0.25) is 9.59 Å². The zero-order chi connectivity index (χ0) is 67.9. The van der Waals surface area contributed by atoms with Crippen LogP contribution in [0.4, 0.5) is 11.4 Å². The summed E-state index contributed by atoms with van der Waals surface area (Å²) in [5.74, 6) is 4.75. The number of nitrogens with zero attached hydrogens (tertiary/aromatic N) is 3. The molecule has 5 atom stereocenters. The monoisotopic (exact) mass is 1320 g/mol. The number of hydrogen-bond acceptors (Lipinski definition) is 8. The number of carbonyl (C=O) groups is 2. The van der Waals surface area contributed by atoms with Gasteiger partial charge in [0.05, 0.1) is 42.6 Å². The van der Waals surface area contributed by atoms with Crippen LogP contribution in [0, 0.1) is 23.7 Å². The number of anilines is 2. The maximum absolute atomic E-state index is 13.9. The minimum atomic E-state index is -0.803. The van der Waals surface area contributed by atoms with Gasteiger partial charge in [0.2, 0.25) is 5.91 Å². The summed E-state index contributed by atoms with van der Waals surface area (Å²) in [6.45, 7) is 12.6.